The molecule has 0 spiro atoms. The van der Waals surface area contributed by atoms with Gasteiger partial charge < -0.3 is 25.6 Å². The standard InChI is InChI=1S/C17H20Cl2F3N5O3/c18-12-3-1-2-11(13(12)19)14-15(23)25-16(27-26-14)24-8-10(28)9-30-7-6-29-5-4-17(20,21)22/h1-3,10,28H,4-9H2,(H3,23,24,25,27). The molecule has 2 rings (SSSR count). The van der Waals surface area contributed by atoms with Crippen molar-refractivity contribution in [3.05, 3.63) is 28.2 Å². The normalized spacial score (nSPS) is 12.7. The first-order valence-corrected chi connectivity index (χ1v) is 9.51. The minimum absolute atomic E-state index is 0.00663. The molecule has 1 aromatic carbocycles. The van der Waals surface area contributed by atoms with E-state index in [4.69, 9.17) is 38.4 Å². The number of nitrogens with zero attached hydrogens (tertiary/aromatic N) is 3. The molecule has 0 saturated carbocycles. The highest BCUT2D eigenvalue weighted by Crippen LogP contribution is 2.34. The molecule has 0 aliphatic carbocycles. The number of rotatable bonds is 11. The fourth-order valence-electron chi connectivity index (χ4n) is 2.19. The van der Waals surface area contributed by atoms with Gasteiger partial charge in [-0.3, -0.25) is 0 Å². The second-order valence-electron chi connectivity index (χ2n) is 6.06. The maximum absolute atomic E-state index is 11.9. The van der Waals surface area contributed by atoms with Crippen LogP contribution < -0.4 is 11.1 Å². The van der Waals surface area contributed by atoms with Gasteiger partial charge in [-0.25, -0.2) is 0 Å². The van der Waals surface area contributed by atoms with Crippen molar-refractivity contribution in [3.63, 3.8) is 0 Å². The Balaban J connectivity index is 1.73. The molecule has 0 saturated heterocycles. The largest absolute Gasteiger partial charge is 0.391 e. The molecule has 0 aliphatic heterocycles. The fraction of sp³-hybridized carbons (Fsp3) is 0.471. The molecule has 1 atom stereocenters. The van der Waals surface area contributed by atoms with E-state index in [9.17, 15) is 18.3 Å². The van der Waals surface area contributed by atoms with Crippen LogP contribution in [0.15, 0.2) is 18.2 Å². The summed E-state index contributed by atoms with van der Waals surface area (Å²) in [5, 5.41) is 21.1. The Kier molecular flexibility index (Phi) is 9.31. The Morgan fingerprint density at radius 1 is 1.13 bits per heavy atom. The van der Waals surface area contributed by atoms with Gasteiger partial charge in [0.1, 0.15) is 5.69 Å². The van der Waals surface area contributed by atoms with Crippen molar-refractivity contribution in [1.82, 2.24) is 15.2 Å². The molecule has 2 aromatic rings. The molecule has 30 heavy (non-hydrogen) atoms. The summed E-state index contributed by atoms with van der Waals surface area (Å²) in [5.74, 6) is 0.155. The van der Waals surface area contributed by atoms with Crippen LogP contribution in [-0.2, 0) is 9.47 Å². The highest BCUT2D eigenvalue weighted by atomic mass is 35.5. The molecule has 166 valence electrons. The lowest BCUT2D eigenvalue weighted by Gasteiger charge is -2.13. The van der Waals surface area contributed by atoms with E-state index in [2.05, 4.69) is 20.5 Å². The minimum Gasteiger partial charge on any atom is -0.389 e. The molecule has 13 heteroatoms. The number of benzene rings is 1. The molecule has 1 unspecified atom stereocenters. The van der Waals surface area contributed by atoms with Crippen molar-refractivity contribution < 1.29 is 27.8 Å². The van der Waals surface area contributed by atoms with Crippen LogP contribution in [0.3, 0.4) is 0 Å². The smallest absolute Gasteiger partial charge is 0.389 e. The SMILES string of the molecule is Nc1nc(NCC(O)COCCOCCC(F)(F)F)nnc1-c1cccc(Cl)c1Cl. The lowest BCUT2D eigenvalue weighted by atomic mass is 10.1. The second-order valence-corrected chi connectivity index (χ2v) is 6.84. The fourth-order valence-corrected chi connectivity index (χ4v) is 2.58. The van der Waals surface area contributed by atoms with E-state index in [1.807, 2.05) is 0 Å². The number of hydrogen-bond acceptors (Lipinski definition) is 8. The monoisotopic (exact) mass is 469 g/mol. The summed E-state index contributed by atoms with van der Waals surface area (Å²) in [6.45, 7) is -0.413. The predicted molar refractivity (Wildman–Crippen MR) is 107 cm³/mol. The Morgan fingerprint density at radius 3 is 2.57 bits per heavy atom. The van der Waals surface area contributed by atoms with Gasteiger partial charge in [-0.05, 0) is 6.07 Å². The van der Waals surface area contributed by atoms with E-state index in [1.54, 1.807) is 18.2 Å². The summed E-state index contributed by atoms with van der Waals surface area (Å²) < 4.78 is 45.8. The van der Waals surface area contributed by atoms with Crippen LogP contribution in [0, 0.1) is 0 Å². The zero-order valence-corrected chi connectivity index (χ0v) is 17.1. The van der Waals surface area contributed by atoms with E-state index in [0.717, 1.165) is 0 Å². The van der Waals surface area contributed by atoms with Crippen molar-refractivity contribution in [2.45, 2.75) is 18.7 Å². The quantitative estimate of drug-likeness (QED) is 0.429. The van der Waals surface area contributed by atoms with Crippen LogP contribution in [0.4, 0.5) is 24.9 Å². The third kappa shape index (κ3) is 8.07. The van der Waals surface area contributed by atoms with Crippen molar-refractivity contribution in [2.24, 2.45) is 0 Å². The van der Waals surface area contributed by atoms with Gasteiger partial charge in [-0.1, -0.05) is 35.3 Å². The summed E-state index contributed by atoms with van der Waals surface area (Å²) in [6, 6.07) is 4.99. The molecule has 4 N–H and O–H groups in total. The number of nitrogens with one attached hydrogen (secondary N) is 1. The lowest BCUT2D eigenvalue weighted by Crippen LogP contribution is -2.26. The van der Waals surface area contributed by atoms with Crippen LogP contribution in [0.2, 0.25) is 10.0 Å². The highest BCUT2D eigenvalue weighted by molar-refractivity contribution is 6.43. The molecule has 0 amide bonds. The van der Waals surface area contributed by atoms with Crippen molar-refractivity contribution in [3.8, 4) is 11.3 Å². The first kappa shape index (κ1) is 24.4. The molecule has 1 aromatic heterocycles. The number of aliphatic hydroxyl groups excluding tert-OH is 1. The number of hydrogen-bond donors (Lipinski definition) is 3. The molecular weight excluding hydrogens is 450 g/mol. The third-order valence-electron chi connectivity index (χ3n) is 3.63. The Morgan fingerprint density at radius 2 is 1.87 bits per heavy atom. The van der Waals surface area contributed by atoms with Crippen molar-refractivity contribution >= 4 is 35.0 Å². The van der Waals surface area contributed by atoms with Crippen molar-refractivity contribution in [2.75, 3.05) is 44.0 Å². The summed E-state index contributed by atoms with van der Waals surface area (Å²) in [5.41, 5.74) is 6.67. The molecular formula is C17H20Cl2F3N5O3. The summed E-state index contributed by atoms with van der Waals surface area (Å²) in [7, 11) is 0. The van der Waals surface area contributed by atoms with Gasteiger partial charge in [0, 0.05) is 12.1 Å². The zero-order chi connectivity index (χ0) is 22.1. The summed E-state index contributed by atoms with van der Waals surface area (Å²) in [6.07, 6.45) is -6.19. The minimum atomic E-state index is -4.25. The molecule has 0 bridgehead atoms. The van der Waals surface area contributed by atoms with Crippen LogP contribution in [0.1, 0.15) is 6.42 Å². The van der Waals surface area contributed by atoms with Crippen LogP contribution in [0.5, 0.6) is 0 Å². The van der Waals surface area contributed by atoms with E-state index in [1.165, 1.54) is 0 Å². The van der Waals surface area contributed by atoms with Gasteiger partial charge in [0.15, 0.2) is 5.82 Å². The number of aliphatic hydroxyl groups is 1. The van der Waals surface area contributed by atoms with Gasteiger partial charge >= 0.3 is 6.18 Å². The topological polar surface area (TPSA) is 115 Å². The third-order valence-corrected chi connectivity index (χ3v) is 4.45. The number of nitrogens with two attached hydrogens (primary N) is 1. The number of nitrogen functional groups attached to an aromatic ring is 1. The van der Waals surface area contributed by atoms with E-state index in [-0.39, 0.29) is 48.8 Å². The molecule has 1 heterocycles. The zero-order valence-electron chi connectivity index (χ0n) is 15.6. The van der Waals surface area contributed by atoms with Crippen LogP contribution in [0.25, 0.3) is 11.3 Å². The van der Waals surface area contributed by atoms with E-state index < -0.39 is 25.3 Å². The molecule has 0 fully saturated rings. The van der Waals surface area contributed by atoms with Gasteiger partial charge in [0.25, 0.3) is 0 Å². The Bertz CT molecular complexity index is 830. The number of alkyl halides is 3. The number of aromatic nitrogens is 3. The van der Waals surface area contributed by atoms with Gasteiger partial charge in [-0.2, -0.15) is 18.2 Å². The maximum Gasteiger partial charge on any atom is 0.391 e. The maximum atomic E-state index is 11.9. The molecule has 8 nitrogen and oxygen atoms in total. The van der Waals surface area contributed by atoms with Crippen molar-refractivity contribution in [1.29, 1.82) is 0 Å². The first-order valence-electron chi connectivity index (χ1n) is 8.76. The first-order chi connectivity index (χ1) is 14.2. The summed E-state index contributed by atoms with van der Waals surface area (Å²) in [4.78, 5) is 4.07. The summed E-state index contributed by atoms with van der Waals surface area (Å²) >= 11 is 12.1. The Hall–Kier alpha value is -1.92. The molecule has 0 radical (unpaired) electrons. The van der Waals surface area contributed by atoms with Gasteiger partial charge in [-0.15, -0.1) is 10.2 Å². The second kappa shape index (κ2) is 11.5. The van der Waals surface area contributed by atoms with E-state index >= 15 is 0 Å². The number of halogens is 5. The average Bonchev–Trinajstić information content (AvgIpc) is 2.67. The molecule has 0 aliphatic rings. The van der Waals surface area contributed by atoms with E-state index in [0.29, 0.717) is 10.6 Å². The van der Waals surface area contributed by atoms with Crippen LogP contribution in [-0.4, -0.2) is 65.5 Å². The number of ether oxygens (including phenoxy) is 2. The van der Waals surface area contributed by atoms with Gasteiger partial charge in [0.2, 0.25) is 5.95 Å². The Labute approximate surface area is 180 Å². The highest BCUT2D eigenvalue weighted by Gasteiger charge is 2.26. The average molecular weight is 470 g/mol. The predicted octanol–water partition coefficient (Wildman–Crippen LogP) is 3.19. The number of anilines is 2. The van der Waals surface area contributed by atoms with Gasteiger partial charge in [0.05, 0.1) is 49.0 Å². The van der Waals surface area contributed by atoms with Crippen LogP contribution >= 0.6 is 23.2 Å². The lowest BCUT2D eigenvalue weighted by molar-refractivity contribution is -0.146.